The molecule has 0 bridgehead atoms. The summed E-state index contributed by atoms with van der Waals surface area (Å²) >= 11 is 0. The van der Waals surface area contributed by atoms with E-state index in [0.29, 0.717) is 18.7 Å². The molecule has 0 unspecified atom stereocenters. The molecule has 3 rings (SSSR count). The van der Waals surface area contributed by atoms with Gasteiger partial charge in [0.25, 0.3) is 5.91 Å². The van der Waals surface area contributed by atoms with Gasteiger partial charge in [-0.25, -0.2) is 0 Å². The normalized spacial score (nSPS) is 12.9. The number of amides is 2. The molecule has 0 aliphatic carbocycles. The van der Waals surface area contributed by atoms with Crippen molar-refractivity contribution in [2.45, 2.75) is 26.8 Å². The maximum Gasteiger partial charge on any atom is 0.253 e. The van der Waals surface area contributed by atoms with Gasteiger partial charge in [0.1, 0.15) is 0 Å². The molecule has 1 heterocycles. The minimum atomic E-state index is 0.00216. The summed E-state index contributed by atoms with van der Waals surface area (Å²) in [6.45, 7) is 4.91. The minimum absolute atomic E-state index is 0.00216. The lowest BCUT2D eigenvalue weighted by Crippen LogP contribution is -2.27. The molecule has 0 saturated heterocycles. The van der Waals surface area contributed by atoms with Crippen molar-refractivity contribution >= 4 is 17.5 Å². The molecule has 2 amide bonds. The topological polar surface area (TPSA) is 40.6 Å². The van der Waals surface area contributed by atoms with Crippen LogP contribution in [-0.2, 0) is 17.8 Å². The van der Waals surface area contributed by atoms with Gasteiger partial charge in [0.15, 0.2) is 0 Å². The summed E-state index contributed by atoms with van der Waals surface area (Å²) in [6, 6.07) is 13.7. The Morgan fingerprint density at radius 1 is 1.17 bits per heavy atom. The second-order valence-electron chi connectivity index (χ2n) is 6.35. The maximum absolute atomic E-state index is 12.7. The summed E-state index contributed by atoms with van der Waals surface area (Å²) < 4.78 is 0. The Kier molecular flexibility index (Phi) is 4.38. The van der Waals surface area contributed by atoms with Crippen LogP contribution in [0.1, 0.15) is 34.0 Å². The molecular weight excluding hydrogens is 300 g/mol. The highest BCUT2D eigenvalue weighted by atomic mass is 16.2. The Labute approximate surface area is 142 Å². The lowest BCUT2D eigenvalue weighted by molar-refractivity contribution is -0.116. The Balaban J connectivity index is 1.78. The van der Waals surface area contributed by atoms with E-state index in [0.717, 1.165) is 23.2 Å². The lowest BCUT2D eigenvalue weighted by atomic mass is 10.1. The van der Waals surface area contributed by atoms with Crippen LogP contribution in [0.15, 0.2) is 42.5 Å². The van der Waals surface area contributed by atoms with Gasteiger partial charge in [-0.2, -0.15) is 0 Å². The number of carbonyl (C=O) groups excluding carboxylic acids is 2. The van der Waals surface area contributed by atoms with Crippen LogP contribution in [0.25, 0.3) is 0 Å². The Morgan fingerprint density at radius 3 is 2.62 bits per heavy atom. The predicted octanol–water partition coefficient (Wildman–Crippen LogP) is 3.18. The summed E-state index contributed by atoms with van der Waals surface area (Å²) in [5.41, 5.74) is 5.01. The molecule has 4 nitrogen and oxygen atoms in total. The number of carbonyl (C=O) groups is 2. The summed E-state index contributed by atoms with van der Waals surface area (Å²) in [6.07, 6.45) is 0.803. The maximum atomic E-state index is 12.7. The SMILES string of the molecule is CC(=O)N1CCc2cc(C(=O)N(C)Cc3ccccc3C)ccc21. The fraction of sp³-hybridized carbons (Fsp3) is 0.300. The first-order valence-electron chi connectivity index (χ1n) is 8.18. The van der Waals surface area contributed by atoms with Crippen molar-refractivity contribution < 1.29 is 9.59 Å². The van der Waals surface area contributed by atoms with E-state index < -0.39 is 0 Å². The predicted molar refractivity (Wildman–Crippen MR) is 95.1 cm³/mol. The van der Waals surface area contributed by atoms with Crippen LogP contribution in [0.5, 0.6) is 0 Å². The smallest absolute Gasteiger partial charge is 0.253 e. The first-order valence-corrected chi connectivity index (χ1v) is 8.18. The molecule has 2 aromatic rings. The fourth-order valence-corrected chi connectivity index (χ4v) is 3.20. The van der Waals surface area contributed by atoms with Crippen molar-refractivity contribution in [3.05, 3.63) is 64.7 Å². The fourth-order valence-electron chi connectivity index (χ4n) is 3.20. The third-order valence-electron chi connectivity index (χ3n) is 4.62. The van der Waals surface area contributed by atoms with E-state index >= 15 is 0 Å². The van der Waals surface area contributed by atoms with Gasteiger partial charge in [0.2, 0.25) is 5.91 Å². The number of hydrogen-bond acceptors (Lipinski definition) is 2. The number of fused-ring (bicyclic) bond motifs is 1. The molecule has 24 heavy (non-hydrogen) atoms. The second-order valence-corrected chi connectivity index (χ2v) is 6.35. The van der Waals surface area contributed by atoms with Crippen molar-refractivity contribution in [1.82, 2.24) is 4.90 Å². The van der Waals surface area contributed by atoms with E-state index in [2.05, 4.69) is 13.0 Å². The first kappa shape index (κ1) is 16.2. The molecule has 2 aromatic carbocycles. The molecule has 0 fully saturated rings. The van der Waals surface area contributed by atoms with Crippen LogP contribution < -0.4 is 4.90 Å². The van der Waals surface area contributed by atoms with E-state index in [4.69, 9.17) is 0 Å². The highest BCUT2D eigenvalue weighted by Crippen LogP contribution is 2.29. The molecule has 0 saturated carbocycles. The van der Waals surface area contributed by atoms with Gasteiger partial charge in [-0.05, 0) is 48.2 Å². The van der Waals surface area contributed by atoms with Crippen molar-refractivity contribution in [3.8, 4) is 0 Å². The quantitative estimate of drug-likeness (QED) is 0.871. The summed E-state index contributed by atoms with van der Waals surface area (Å²) in [4.78, 5) is 27.8. The third-order valence-corrected chi connectivity index (χ3v) is 4.62. The highest BCUT2D eigenvalue weighted by molar-refractivity contribution is 5.97. The monoisotopic (exact) mass is 322 g/mol. The van der Waals surface area contributed by atoms with Gasteiger partial charge in [-0.15, -0.1) is 0 Å². The third kappa shape index (κ3) is 3.04. The lowest BCUT2D eigenvalue weighted by Gasteiger charge is -2.19. The molecule has 0 radical (unpaired) electrons. The first-order chi connectivity index (χ1) is 11.5. The second kappa shape index (κ2) is 6.48. The number of nitrogens with zero attached hydrogens (tertiary/aromatic N) is 2. The van der Waals surface area contributed by atoms with Crippen molar-refractivity contribution in [1.29, 1.82) is 0 Å². The van der Waals surface area contributed by atoms with Gasteiger partial charge >= 0.3 is 0 Å². The zero-order valence-corrected chi connectivity index (χ0v) is 14.4. The minimum Gasteiger partial charge on any atom is -0.337 e. The van der Waals surface area contributed by atoms with Gasteiger partial charge in [0, 0.05) is 38.3 Å². The van der Waals surface area contributed by atoms with Crippen LogP contribution in [-0.4, -0.2) is 30.3 Å². The summed E-state index contributed by atoms with van der Waals surface area (Å²) in [5, 5.41) is 0. The van der Waals surface area contributed by atoms with Crippen molar-refractivity contribution in [3.63, 3.8) is 0 Å². The molecule has 1 aliphatic heterocycles. The molecule has 124 valence electrons. The molecular formula is C20H22N2O2. The van der Waals surface area contributed by atoms with Crippen LogP contribution in [0, 0.1) is 6.92 Å². The van der Waals surface area contributed by atoms with E-state index in [1.165, 1.54) is 5.56 Å². The average molecular weight is 322 g/mol. The van der Waals surface area contributed by atoms with Gasteiger partial charge in [-0.3, -0.25) is 9.59 Å². The molecule has 4 heteroatoms. The summed E-state index contributed by atoms with van der Waals surface area (Å²) in [7, 11) is 1.82. The van der Waals surface area contributed by atoms with Crippen LogP contribution in [0.3, 0.4) is 0 Å². The molecule has 0 N–H and O–H groups in total. The van der Waals surface area contributed by atoms with E-state index in [9.17, 15) is 9.59 Å². The molecule has 0 atom stereocenters. The summed E-state index contributed by atoms with van der Waals surface area (Å²) in [5.74, 6) is 0.0480. The Hall–Kier alpha value is -2.62. The van der Waals surface area contributed by atoms with Crippen molar-refractivity contribution in [2.24, 2.45) is 0 Å². The standard InChI is InChI=1S/C20H22N2O2/c1-14-6-4-5-7-18(14)13-21(3)20(24)17-8-9-19-16(12-17)10-11-22(19)15(2)23/h4-9,12H,10-11,13H2,1-3H3. The molecule has 0 aromatic heterocycles. The average Bonchev–Trinajstić information content (AvgIpc) is 2.99. The number of hydrogen-bond donors (Lipinski definition) is 0. The van der Waals surface area contributed by atoms with Crippen molar-refractivity contribution in [2.75, 3.05) is 18.5 Å². The van der Waals surface area contributed by atoms with Gasteiger partial charge in [0.05, 0.1) is 0 Å². The number of rotatable bonds is 3. The number of aryl methyl sites for hydroxylation is 1. The van der Waals surface area contributed by atoms with Crippen LogP contribution in [0.4, 0.5) is 5.69 Å². The number of anilines is 1. The van der Waals surface area contributed by atoms with Crippen LogP contribution >= 0.6 is 0 Å². The zero-order valence-electron chi connectivity index (χ0n) is 14.4. The molecule has 1 aliphatic rings. The Bertz CT molecular complexity index is 798. The van der Waals surface area contributed by atoms with E-state index in [1.54, 1.807) is 16.7 Å². The zero-order chi connectivity index (χ0) is 17.3. The van der Waals surface area contributed by atoms with E-state index in [-0.39, 0.29) is 11.8 Å². The molecule has 0 spiro atoms. The van der Waals surface area contributed by atoms with E-state index in [1.807, 2.05) is 43.4 Å². The largest absolute Gasteiger partial charge is 0.337 e. The van der Waals surface area contributed by atoms with Gasteiger partial charge < -0.3 is 9.80 Å². The highest BCUT2D eigenvalue weighted by Gasteiger charge is 2.23. The van der Waals surface area contributed by atoms with Gasteiger partial charge in [-0.1, -0.05) is 24.3 Å². The Morgan fingerprint density at radius 2 is 1.92 bits per heavy atom. The number of benzene rings is 2. The van der Waals surface area contributed by atoms with Crippen LogP contribution in [0.2, 0.25) is 0 Å².